The monoisotopic (exact) mass is 982 g/mol. The van der Waals surface area contributed by atoms with E-state index in [0.717, 1.165) is 0 Å². The summed E-state index contributed by atoms with van der Waals surface area (Å²) >= 11 is 0. The number of benzene rings is 9. The van der Waals surface area contributed by atoms with Crippen LogP contribution in [0.4, 0.5) is 26.3 Å². The van der Waals surface area contributed by atoms with Crippen molar-refractivity contribution in [1.82, 2.24) is 0 Å². The minimum atomic E-state index is -5.35. The SMILES string of the molecule is FC(F)(F)c1cc(OB(OP(Oc2ccccc2)(c2ccccc2)(c2ccccc2)c2ccccc2)OP(Oc2ccccc2)(c2ccccc2)(c2ccccc2)c2ccccc2)cc(C(F)(F)F)c1. The Kier molecular flexibility index (Phi) is 13.2. The zero-order chi connectivity index (χ0) is 48.8. The van der Waals surface area contributed by atoms with Gasteiger partial charge in [-0.3, -0.25) is 0 Å². The molecule has 9 rings (SSSR count). The van der Waals surface area contributed by atoms with Crippen molar-refractivity contribution in [2.45, 2.75) is 12.4 Å². The van der Waals surface area contributed by atoms with Gasteiger partial charge in [0.2, 0.25) is 0 Å². The molecule has 0 aromatic heterocycles. The zero-order valence-corrected chi connectivity index (χ0v) is 38.9. The molecule has 0 aliphatic carbocycles. The molecule has 0 radical (unpaired) electrons. The molecular weight excluding hydrogens is 939 g/mol. The van der Waals surface area contributed by atoms with Crippen molar-refractivity contribution in [2.75, 3.05) is 0 Å². The summed E-state index contributed by atoms with van der Waals surface area (Å²) in [6.45, 7) is 0. The van der Waals surface area contributed by atoms with Gasteiger partial charge in [0.1, 0.15) is 0 Å². The van der Waals surface area contributed by atoms with Gasteiger partial charge in [-0.25, -0.2) is 0 Å². The van der Waals surface area contributed by atoms with E-state index >= 15 is 0 Å². The molecule has 70 heavy (non-hydrogen) atoms. The summed E-state index contributed by atoms with van der Waals surface area (Å²) in [5.74, 6) is -0.259. The Bertz CT molecular complexity index is 2720. The quantitative estimate of drug-likeness (QED) is 0.0548. The van der Waals surface area contributed by atoms with Crippen LogP contribution < -0.4 is 45.5 Å². The number of para-hydroxylation sites is 2. The Morgan fingerprint density at radius 1 is 0.286 bits per heavy atom. The first kappa shape index (κ1) is 47.9. The maximum atomic E-state index is 14.8. The Hall–Kier alpha value is -7.20. The first-order valence-corrected chi connectivity index (χ1v) is 26.2. The molecule has 352 valence electrons. The number of hydrogen-bond donors (Lipinski definition) is 0. The molecule has 0 aliphatic rings. The molecule has 9 aromatic rings. The summed E-state index contributed by atoms with van der Waals surface area (Å²) in [4.78, 5) is 0. The fourth-order valence-corrected chi connectivity index (χ4v) is 18.1. The fourth-order valence-electron chi connectivity index (χ4n) is 8.67. The van der Waals surface area contributed by atoms with E-state index in [-0.39, 0.29) is 6.07 Å². The van der Waals surface area contributed by atoms with Gasteiger partial charge in [0.15, 0.2) is 0 Å². The molecule has 0 fully saturated rings. The van der Waals surface area contributed by atoms with Crippen molar-refractivity contribution >= 4 is 53.3 Å². The minimum absolute atomic E-state index is 0.0381. The Morgan fingerprint density at radius 3 is 0.743 bits per heavy atom. The van der Waals surface area contributed by atoms with E-state index in [1.54, 1.807) is 243 Å². The number of alkyl halides is 6. The topological polar surface area (TPSA) is 46.2 Å². The fraction of sp³-hybridized carbons (Fsp3) is 0.0357. The van der Waals surface area contributed by atoms with Gasteiger partial charge in [0.25, 0.3) is 0 Å². The van der Waals surface area contributed by atoms with Crippen LogP contribution >= 0.6 is 14.1 Å². The third-order valence-corrected chi connectivity index (χ3v) is 21.4. The Morgan fingerprint density at radius 2 is 0.514 bits per heavy atom. The number of halogens is 6. The van der Waals surface area contributed by atoms with Crippen LogP contribution in [0, 0.1) is 0 Å². The van der Waals surface area contributed by atoms with Gasteiger partial charge in [-0.1, -0.05) is 0 Å². The summed E-state index contributed by atoms with van der Waals surface area (Å²) in [7, 11) is -13.0. The van der Waals surface area contributed by atoms with E-state index < -0.39 is 50.7 Å². The summed E-state index contributed by atoms with van der Waals surface area (Å²) in [6.07, 6.45) is -10.5. The van der Waals surface area contributed by atoms with Gasteiger partial charge < -0.3 is 0 Å². The summed E-state index contributed by atoms with van der Waals surface area (Å²) < 4.78 is 127. The molecule has 0 unspecified atom stereocenters. The van der Waals surface area contributed by atoms with Crippen molar-refractivity contribution < 1.29 is 48.9 Å². The van der Waals surface area contributed by atoms with Crippen molar-refractivity contribution in [3.05, 3.63) is 272 Å². The molecule has 0 aliphatic heterocycles. The molecule has 5 nitrogen and oxygen atoms in total. The van der Waals surface area contributed by atoms with E-state index in [1.807, 2.05) is 0 Å². The van der Waals surface area contributed by atoms with Gasteiger partial charge in [-0.05, 0) is 0 Å². The molecule has 0 amide bonds. The van der Waals surface area contributed by atoms with Crippen LogP contribution in [0.15, 0.2) is 261 Å². The second-order valence-corrected chi connectivity index (χ2v) is 23.8. The van der Waals surface area contributed by atoms with Crippen molar-refractivity contribution in [3.63, 3.8) is 0 Å². The van der Waals surface area contributed by atoms with Crippen LogP contribution in [0.2, 0.25) is 0 Å². The molecule has 0 saturated carbocycles. The normalized spacial score (nSPS) is 13.2. The van der Waals surface area contributed by atoms with Crippen molar-refractivity contribution in [1.29, 1.82) is 0 Å². The number of rotatable bonds is 16. The van der Waals surface area contributed by atoms with E-state index in [2.05, 4.69) is 0 Å². The molecule has 0 N–H and O–H groups in total. The van der Waals surface area contributed by atoms with Gasteiger partial charge in [-0.2, -0.15) is 0 Å². The first-order valence-electron chi connectivity index (χ1n) is 22.0. The maximum absolute atomic E-state index is 14.8. The third kappa shape index (κ3) is 8.84. The third-order valence-electron chi connectivity index (χ3n) is 11.8. The van der Waals surface area contributed by atoms with Crippen LogP contribution in [0.1, 0.15) is 11.1 Å². The van der Waals surface area contributed by atoms with Gasteiger partial charge in [-0.15, -0.1) is 0 Å². The van der Waals surface area contributed by atoms with Crippen LogP contribution in [-0.2, 0) is 21.2 Å². The molecule has 0 bridgehead atoms. The average molecular weight is 983 g/mol. The molecule has 9 aromatic carbocycles. The Balaban J connectivity index is 1.47. The van der Waals surface area contributed by atoms with E-state index in [0.29, 0.717) is 55.5 Å². The van der Waals surface area contributed by atoms with Crippen molar-refractivity contribution in [2.24, 2.45) is 0 Å². The van der Waals surface area contributed by atoms with Crippen LogP contribution in [0.25, 0.3) is 0 Å². The summed E-state index contributed by atoms with van der Waals surface area (Å²) in [5, 5.41) is 2.64. The Labute approximate surface area is 402 Å². The summed E-state index contributed by atoms with van der Waals surface area (Å²) in [6, 6.07) is 72.6. The van der Waals surface area contributed by atoms with E-state index in [9.17, 15) is 26.3 Å². The van der Waals surface area contributed by atoms with E-state index in [1.165, 1.54) is 0 Å². The predicted molar refractivity (Wildman–Crippen MR) is 269 cm³/mol. The van der Waals surface area contributed by atoms with Gasteiger partial charge >= 0.3 is 404 Å². The molecular formula is C56H43BF6O5P2. The molecule has 14 heteroatoms. The van der Waals surface area contributed by atoms with Crippen LogP contribution in [-0.4, -0.2) is 7.32 Å². The van der Waals surface area contributed by atoms with Gasteiger partial charge in [0, 0.05) is 0 Å². The molecule has 0 heterocycles. The predicted octanol–water partition coefficient (Wildman–Crippen LogP) is 13.0. The number of hydrogen-bond acceptors (Lipinski definition) is 5. The second-order valence-electron chi connectivity index (χ2n) is 16.1. The van der Waals surface area contributed by atoms with Crippen LogP contribution in [0.5, 0.6) is 17.2 Å². The first-order chi connectivity index (χ1) is 33.8. The zero-order valence-electron chi connectivity index (χ0n) is 37.1. The molecule has 0 saturated heterocycles. The molecule has 0 spiro atoms. The average Bonchev–Trinajstić information content (AvgIpc) is 3.40. The van der Waals surface area contributed by atoms with Crippen LogP contribution in [0.3, 0.4) is 0 Å². The van der Waals surface area contributed by atoms with Crippen molar-refractivity contribution in [3.8, 4) is 17.2 Å². The molecule has 0 atom stereocenters. The second kappa shape index (κ2) is 19.3. The van der Waals surface area contributed by atoms with Gasteiger partial charge in [0.05, 0.1) is 0 Å². The standard InChI is InChI=1S/C56H43BF6O5P2/c58-55(59,60)44-41-45(56(61,62)63)43-48(42-44)64-57(67-69(49-29-13-3-14-30-49,50-31-15-4-16-32-50,51-33-17-5-18-34-51)65-46-25-9-1-10-26-46)68-70(52-35-19-6-20-36-52,53-37-21-7-22-38-53,54-39-23-8-24-40-54)66-47-27-11-2-12-28-47/h1-43H. The summed E-state index contributed by atoms with van der Waals surface area (Å²) in [5.41, 5.74) is -3.23. The van der Waals surface area contributed by atoms with E-state index in [4.69, 9.17) is 22.6 Å².